The van der Waals surface area contributed by atoms with Crippen LogP contribution in [0.15, 0.2) is 60.0 Å². The van der Waals surface area contributed by atoms with Gasteiger partial charge in [0.25, 0.3) is 5.91 Å². The molecule has 0 aliphatic carbocycles. The fraction of sp³-hybridized carbons (Fsp3) is 0.400. The van der Waals surface area contributed by atoms with Crippen LogP contribution in [0.1, 0.15) is 57.7 Å². The van der Waals surface area contributed by atoms with Crippen LogP contribution in [-0.2, 0) is 4.79 Å². The van der Waals surface area contributed by atoms with Gasteiger partial charge < -0.3 is 14.7 Å². The van der Waals surface area contributed by atoms with E-state index < -0.39 is 5.92 Å². The predicted octanol–water partition coefficient (Wildman–Crippen LogP) is 5.65. The lowest BCUT2D eigenvalue weighted by Gasteiger charge is -2.45. The topological polar surface area (TPSA) is 43.9 Å². The smallest absolute Gasteiger partial charge is 0.254 e. The van der Waals surface area contributed by atoms with E-state index in [2.05, 4.69) is 56.9 Å². The van der Waals surface area contributed by atoms with Gasteiger partial charge in [0.1, 0.15) is 0 Å². The highest BCUT2D eigenvalue weighted by Crippen LogP contribution is 2.45. The first kappa shape index (κ1) is 24.6. The molecule has 0 unspecified atom stereocenters. The molecule has 36 heavy (non-hydrogen) atoms. The summed E-state index contributed by atoms with van der Waals surface area (Å²) in [5.74, 6) is 0.0616. The third-order valence-electron chi connectivity index (χ3n) is 7.39. The molecule has 5 nitrogen and oxygen atoms in total. The number of aryl methyl sites for hydroxylation is 2. The quantitative estimate of drug-likeness (QED) is 0.454. The number of benzene rings is 2. The number of fused-ring (bicyclic) bond motifs is 1. The normalized spacial score (nSPS) is 20.1. The number of hydrogen-bond acceptors (Lipinski definition) is 4. The molecule has 0 bridgehead atoms. The van der Waals surface area contributed by atoms with Gasteiger partial charge in [-0.15, -0.1) is 11.3 Å². The molecule has 1 saturated heterocycles. The van der Waals surface area contributed by atoms with Gasteiger partial charge in [-0.3, -0.25) is 9.59 Å². The van der Waals surface area contributed by atoms with Crippen LogP contribution < -0.4 is 4.90 Å². The number of rotatable bonds is 5. The molecule has 2 aliphatic rings. The van der Waals surface area contributed by atoms with Gasteiger partial charge in [0.05, 0.1) is 12.0 Å². The highest BCUT2D eigenvalue weighted by Gasteiger charge is 2.46. The standard InChI is InChI=1S/C30H35N3O2S/c1-20(2)19-33-28(26-10-7-17-36-26)27(23-8-5-6-9-24(23)29(33)34)30(35)32-15-13-31(14-16-32)25-12-11-21(3)18-22(25)4/h5-12,17-18,20,27-28H,13-16,19H2,1-4H3/t27-,28-/m1/s1. The molecule has 6 heteroatoms. The molecule has 0 radical (unpaired) electrons. The summed E-state index contributed by atoms with van der Waals surface area (Å²) in [6, 6.07) is 18.1. The summed E-state index contributed by atoms with van der Waals surface area (Å²) in [5, 5.41) is 2.04. The molecular formula is C30H35N3O2S. The Kier molecular flexibility index (Phi) is 6.89. The summed E-state index contributed by atoms with van der Waals surface area (Å²) in [6.45, 7) is 12.1. The molecule has 3 heterocycles. The summed E-state index contributed by atoms with van der Waals surface area (Å²) in [7, 11) is 0. The number of nitrogens with zero attached hydrogens (tertiary/aromatic N) is 3. The van der Waals surface area contributed by atoms with Gasteiger partial charge in [0.15, 0.2) is 0 Å². The van der Waals surface area contributed by atoms with Crippen molar-refractivity contribution in [2.45, 2.75) is 39.7 Å². The summed E-state index contributed by atoms with van der Waals surface area (Å²) >= 11 is 1.63. The summed E-state index contributed by atoms with van der Waals surface area (Å²) in [5.41, 5.74) is 5.32. The second-order valence-corrected chi connectivity index (χ2v) is 11.5. The summed E-state index contributed by atoms with van der Waals surface area (Å²) in [6.07, 6.45) is 0. The Morgan fingerprint density at radius 2 is 1.75 bits per heavy atom. The van der Waals surface area contributed by atoms with Crippen molar-refractivity contribution >= 4 is 28.8 Å². The first-order valence-electron chi connectivity index (χ1n) is 12.9. The van der Waals surface area contributed by atoms with Gasteiger partial charge >= 0.3 is 0 Å². The Hall–Kier alpha value is -3.12. The van der Waals surface area contributed by atoms with Crippen molar-refractivity contribution in [3.8, 4) is 0 Å². The maximum Gasteiger partial charge on any atom is 0.254 e. The van der Waals surface area contributed by atoms with Gasteiger partial charge in [-0.05, 0) is 54.5 Å². The van der Waals surface area contributed by atoms with Crippen LogP contribution in [0.25, 0.3) is 0 Å². The van der Waals surface area contributed by atoms with Crippen molar-refractivity contribution in [2.24, 2.45) is 5.92 Å². The Balaban J connectivity index is 1.46. The van der Waals surface area contributed by atoms with E-state index in [9.17, 15) is 9.59 Å². The van der Waals surface area contributed by atoms with Crippen LogP contribution in [0.3, 0.4) is 0 Å². The van der Waals surface area contributed by atoms with E-state index in [-0.39, 0.29) is 17.9 Å². The summed E-state index contributed by atoms with van der Waals surface area (Å²) in [4.78, 5) is 35.4. The number of piperazine rings is 1. The van der Waals surface area contributed by atoms with Gasteiger partial charge in [-0.1, -0.05) is 55.8 Å². The van der Waals surface area contributed by atoms with Crippen molar-refractivity contribution in [3.63, 3.8) is 0 Å². The van der Waals surface area contributed by atoms with Gasteiger partial charge in [-0.2, -0.15) is 0 Å². The number of thiophene rings is 1. The Morgan fingerprint density at radius 1 is 1.00 bits per heavy atom. The fourth-order valence-electron chi connectivity index (χ4n) is 5.75. The second kappa shape index (κ2) is 10.1. The van der Waals surface area contributed by atoms with E-state index in [0.717, 1.165) is 23.5 Å². The Labute approximate surface area is 218 Å². The molecule has 1 fully saturated rings. The number of amides is 2. The second-order valence-electron chi connectivity index (χ2n) is 10.5. The van der Waals surface area contributed by atoms with Gasteiger partial charge in [0, 0.05) is 48.9 Å². The number of carbonyl (C=O) groups is 2. The first-order valence-corrected chi connectivity index (χ1v) is 13.8. The molecule has 1 aromatic heterocycles. The SMILES string of the molecule is Cc1ccc(N2CCN(C(=O)[C@@H]3c4ccccc4C(=O)N(CC(C)C)[C@@H]3c3cccs3)CC2)c(C)c1. The van der Waals surface area contributed by atoms with E-state index in [4.69, 9.17) is 0 Å². The van der Waals surface area contributed by atoms with E-state index in [0.29, 0.717) is 31.1 Å². The Morgan fingerprint density at radius 3 is 2.42 bits per heavy atom. The van der Waals surface area contributed by atoms with Crippen molar-refractivity contribution in [3.05, 3.63) is 87.1 Å². The maximum absolute atomic E-state index is 14.3. The monoisotopic (exact) mass is 501 g/mol. The van der Waals surface area contributed by atoms with E-state index in [1.807, 2.05) is 45.5 Å². The van der Waals surface area contributed by atoms with Crippen molar-refractivity contribution in [2.75, 3.05) is 37.6 Å². The molecule has 2 aliphatic heterocycles. The van der Waals surface area contributed by atoms with E-state index in [1.165, 1.54) is 16.8 Å². The zero-order chi connectivity index (χ0) is 25.4. The van der Waals surface area contributed by atoms with Crippen LogP contribution in [0, 0.1) is 19.8 Å². The lowest BCUT2D eigenvalue weighted by Crippen LogP contribution is -2.53. The lowest BCUT2D eigenvalue weighted by molar-refractivity contribution is -0.135. The van der Waals surface area contributed by atoms with E-state index >= 15 is 0 Å². The van der Waals surface area contributed by atoms with Crippen LogP contribution in [0.2, 0.25) is 0 Å². The molecule has 2 atom stereocenters. The lowest BCUT2D eigenvalue weighted by atomic mass is 9.80. The third kappa shape index (κ3) is 4.55. The molecule has 5 rings (SSSR count). The van der Waals surface area contributed by atoms with Crippen LogP contribution in [0.4, 0.5) is 5.69 Å². The molecule has 0 saturated carbocycles. The summed E-state index contributed by atoms with van der Waals surface area (Å²) < 4.78 is 0. The van der Waals surface area contributed by atoms with Crippen molar-refractivity contribution < 1.29 is 9.59 Å². The molecule has 188 valence electrons. The average Bonchev–Trinajstić information content (AvgIpc) is 3.40. The third-order valence-corrected chi connectivity index (χ3v) is 8.33. The number of anilines is 1. The molecule has 0 N–H and O–H groups in total. The highest BCUT2D eigenvalue weighted by molar-refractivity contribution is 7.10. The average molecular weight is 502 g/mol. The molecular weight excluding hydrogens is 466 g/mol. The number of hydrogen-bond donors (Lipinski definition) is 0. The molecule has 0 spiro atoms. The van der Waals surface area contributed by atoms with Gasteiger partial charge in [-0.25, -0.2) is 0 Å². The highest BCUT2D eigenvalue weighted by atomic mass is 32.1. The van der Waals surface area contributed by atoms with Crippen LogP contribution in [0.5, 0.6) is 0 Å². The first-order chi connectivity index (χ1) is 17.3. The fourth-order valence-corrected chi connectivity index (χ4v) is 6.63. The zero-order valence-corrected chi connectivity index (χ0v) is 22.4. The predicted molar refractivity (Wildman–Crippen MR) is 147 cm³/mol. The van der Waals surface area contributed by atoms with E-state index in [1.54, 1.807) is 11.3 Å². The molecule has 2 amide bonds. The Bertz CT molecular complexity index is 1240. The molecule has 3 aromatic rings. The minimum absolute atomic E-state index is 0.0291. The number of carbonyl (C=O) groups excluding carboxylic acids is 2. The maximum atomic E-state index is 14.3. The zero-order valence-electron chi connectivity index (χ0n) is 21.6. The van der Waals surface area contributed by atoms with Crippen molar-refractivity contribution in [1.29, 1.82) is 0 Å². The molecule has 2 aromatic carbocycles. The van der Waals surface area contributed by atoms with Crippen LogP contribution >= 0.6 is 11.3 Å². The van der Waals surface area contributed by atoms with Gasteiger partial charge in [0.2, 0.25) is 5.91 Å². The van der Waals surface area contributed by atoms with Crippen molar-refractivity contribution in [1.82, 2.24) is 9.80 Å². The van der Waals surface area contributed by atoms with Crippen LogP contribution in [-0.4, -0.2) is 54.3 Å². The minimum Gasteiger partial charge on any atom is -0.368 e. The largest absolute Gasteiger partial charge is 0.368 e. The minimum atomic E-state index is -0.399.